The van der Waals surface area contributed by atoms with Gasteiger partial charge in [-0.3, -0.25) is 14.3 Å². The highest BCUT2D eigenvalue weighted by Gasteiger charge is 2.21. The van der Waals surface area contributed by atoms with Crippen LogP contribution in [-0.2, 0) is 10.0 Å². The third kappa shape index (κ3) is 3.69. The van der Waals surface area contributed by atoms with Crippen molar-refractivity contribution in [1.82, 2.24) is 9.97 Å². The average Bonchev–Trinajstić information content (AvgIpc) is 3.16. The third-order valence-corrected chi connectivity index (χ3v) is 6.51. The number of rotatable bonds is 4. The third-order valence-electron chi connectivity index (χ3n) is 4.12. The summed E-state index contributed by atoms with van der Waals surface area (Å²) in [6.45, 7) is 0. The van der Waals surface area contributed by atoms with Crippen LogP contribution in [0.3, 0.4) is 0 Å². The van der Waals surface area contributed by atoms with E-state index in [0.29, 0.717) is 5.02 Å². The van der Waals surface area contributed by atoms with E-state index < -0.39 is 31.9 Å². The van der Waals surface area contributed by atoms with Crippen LogP contribution < -0.4 is 15.8 Å². The van der Waals surface area contributed by atoms with Gasteiger partial charge in [0.25, 0.3) is 10.0 Å². The second-order valence-electron chi connectivity index (χ2n) is 6.05. The summed E-state index contributed by atoms with van der Waals surface area (Å²) in [5.41, 5.74) is -0.232. The molecule has 0 bridgehead atoms. The predicted octanol–water partition coefficient (Wildman–Crippen LogP) is 3.54. The topological polar surface area (TPSA) is 112 Å². The van der Waals surface area contributed by atoms with E-state index >= 15 is 0 Å². The Bertz CT molecular complexity index is 1460. The van der Waals surface area contributed by atoms with Gasteiger partial charge in [0.1, 0.15) is 10.7 Å². The summed E-state index contributed by atoms with van der Waals surface area (Å²) in [6, 6.07) is 8.23. The molecule has 0 amide bonds. The molecule has 4 aromatic rings. The van der Waals surface area contributed by atoms with Crippen molar-refractivity contribution in [3.63, 3.8) is 0 Å². The molecule has 11 heteroatoms. The van der Waals surface area contributed by atoms with E-state index in [4.69, 9.17) is 11.6 Å². The number of thiophene rings is 1. The minimum atomic E-state index is -4.34. The molecule has 4 rings (SSSR count). The number of H-pyrrole nitrogens is 2. The summed E-state index contributed by atoms with van der Waals surface area (Å²) in [6.07, 6.45) is 0. The largest absolute Gasteiger partial charge is 0.316 e. The molecular formula is C18H11ClFN3O4S2. The van der Waals surface area contributed by atoms with Gasteiger partial charge in [0, 0.05) is 11.6 Å². The van der Waals surface area contributed by atoms with Crippen molar-refractivity contribution in [3.05, 3.63) is 78.7 Å². The molecule has 0 fully saturated rings. The van der Waals surface area contributed by atoms with Crippen molar-refractivity contribution in [3.8, 4) is 11.1 Å². The maximum absolute atomic E-state index is 14.4. The maximum atomic E-state index is 14.4. The fourth-order valence-corrected chi connectivity index (χ4v) is 4.85. The molecule has 0 aliphatic carbocycles. The molecule has 2 aromatic heterocycles. The van der Waals surface area contributed by atoms with Gasteiger partial charge >= 0.3 is 11.1 Å². The van der Waals surface area contributed by atoms with Crippen molar-refractivity contribution in [1.29, 1.82) is 0 Å². The molecule has 2 aromatic carbocycles. The van der Waals surface area contributed by atoms with Crippen LogP contribution in [-0.4, -0.2) is 18.4 Å². The summed E-state index contributed by atoms with van der Waals surface area (Å²) in [4.78, 5) is 26.5. The van der Waals surface area contributed by atoms with E-state index in [0.717, 1.165) is 23.3 Å². The SMILES string of the molecule is O=c1[nH]c2cc(F)c(S(=O)(=O)Nc3ccc(-c4ccsc4)c(Cl)c3)cc2[nH]c1=O. The second kappa shape index (κ2) is 7.14. The summed E-state index contributed by atoms with van der Waals surface area (Å²) < 4.78 is 42.1. The standard InChI is InChI=1S/C18H11ClFN3O4S2/c19-12-5-10(1-2-11(12)9-3-4-28-8-9)23-29(26,27)16-7-15-14(6-13(16)20)21-17(24)18(25)22-15/h1-8,23H,(H,21,24)(H,22,25). The van der Waals surface area contributed by atoms with Crippen molar-refractivity contribution in [2.75, 3.05) is 4.72 Å². The highest BCUT2D eigenvalue weighted by atomic mass is 35.5. The first kappa shape index (κ1) is 19.4. The Hall–Kier alpha value is -2.95. The molecular weight excluding hydrogens is 441 g/mol. The zero-order chi connectivity index (χ0) is 20.8. The van der Waals surface area contributed by atoms with E-state index in [2.05, 4.69) is 14.7 Å². The number of halogens is 2. The monoisotopic (exact) mass is 451 g/mol. The van der Waals surface area contributed by atoms with Gasteiger partial charge < -0.3 is 9.97 Å². The van der Waals surface area contributed by atoms with Crippen LogP contribution in [0.25, 0.3) is 22.2 Å². The molecule has 0 aliphatic rings. The molecule has 0 atom stereocenters. The first-order chi connectivity index (χ1) is 13.7. The van der Waals surface area contributed by atoms with E-state index in [-0.39, 0.29) is 16.7 Å². The molecule has 0 saturated carbocycles. The molecule has 0 radical (unpaired) electrons. The quantitative estimate of drug-likeness (QED) is 0.412. The van der Waals surface area contributed by atoms with E-state index in [1.165, 1.54) is 23.5 Å². The number of aromatic amines is 2. The van der Waals surface area contributed by atoms with Crippen LogP contribution in [0, 0.1) is 5.82 Å². The molecule has 148 valence electrons. The van der Waals surface area contributed by atoms with Crippen molar-refractivity contribution in [2.24, 2.45) is 0 Å². The summed E-state index contributed by atoms with van der Waals surface area (Å²) in [7, 11) is -4.34. The number of fused-ring (bicyclic) bond motifs is 1. The zero-order valence-electron chi connectivity index (χ0n) is 14.3. The number of anilines is 1. The summed E-state index contributed by atoms with van der Waals surface area (Å²) >= 11 is 7.76. The van der Waals surface area contributed by atoms with Gasteiger partial charge in [-0.1, -0.05) is 17.7 Å². The number of aromatic nitrogens is 2. The molecule has 0 spiro atoms. The van der Waals surface area contributed by atoms with Crippen LogP contribution in [0.1, 0.15) is 0 Å². The Balaban J connectivity index is 1.73. The molecule has 7 nitrogen and oxygen atoms in total. The van der Waals surface area contributed by atoms with Gasteiger partial charge in [0.05, 0.1) is 21.7 Å². The summed E-state index contributed by atoms with van der Waals surface area (Å²) in [5, 5.41) is 4.12. The number of benzene rings is 2. The fourth-order valence-electron chi connectivity index (χ4n) is 2.76. The van der Waals surface area contributed by atoms with Crippen LogP contribution >= 0.6 is 22.9 Å². The van der Waals surface area contributed by atoms with E-state index in [1.54, 1.807) is 6.07 Å². The highest BCUT2D eigenvalue weighted by Crippen LogP contribution is 2.32. The van der Waals surface area contributed by atoms with Crippen molar-refractivity contribution < 1.29 is 12.8 Å². The molecule has 0 aliphatic heterocycles. The predicted molar refractivity (Wildman–Crippen MR) is 111 cm³/mol. The van der Waals surface area contributed by atoms with Gasteiger partial charge in [-0.15, -0.1) is 0 Å². The molecule has 29 heavy (non-hydrogen) atoms. The average molecular weight is 452 g/mol. The minimum Gasteiger partial charge on any atom is -0.316 e. The number of hydrogen-bond acceptors (Lipinski definition) is 5. The molecule has 0 unspecified atom stereocenters. The van der Waals surface area contributed by atoms with E-state index in [1.807, 2.05) is 16.8 Å². The van der Waals surface area contributed by atoms with Crippen molar-refractivity contribution in [2.45, 2.75) is 4.90 Å². The lowest BCUT2D eigenvalue weighted by Crippen LogP contribution is -2.29. The Morgan fingerprint density at radius 2 is 1.69 bits per heavy atom. The lowest BCUT2D eigenvalue weighted by atomic mass is 10.1. The number of sulfonamides is 1. The van der Waals surface area contributed by atoms with Gasteiger partial charge in [-0.25, -0.2) is 12.8 Å². The molecule has 3 N–H and O–H groups in total. The highest BCUT2D eigenvalue weighted by molar-refractivity contribution is 7.92. The normalized spacial score (nSPS) is 11.7. The van der Waals surface area contributed by atoms with Gasteiger partial charge in [-0.05, 0) is 40.6 Å². The minimum absolute atomic E-state index is 0.0257. The Labute approximate surface area is 171 Å². The lowest BCUT2D eigenvalue weighted by Gasteiger charge is -2.11. The Morgan fingerprint density at radius 3 is 2.31 bits per heavy atom. The smallest absolute Gasteiger partial charge is 0.314 e. The zero-order valence-corrected chi connectivity index (χ0v) is 16.7. The fraction of sp³-hybridized carbons (Fsp3) is 0. The summed E-state index contributed by atoms with van der Waals surface area (Å²) in [5.74, 6) is -1.09. The lowest BCUT2D eigenvalue weighted by molar-refractivity contribution is 0.571. The van der Waals surface area contributed by atoms with Gasteiger partial charge in [0.15, 0.2) is 0 Å². The molecule has 2 heterocycles. The van der Waals surface area contributed by atoms with Crippen molar-refractivity contribution >= 4 is 49.7 Å². The Kier molecular flexibility index (Phi) is 4.77. The van der Waals surface area contributed by atoms with Crippen LogP contribution in [0.15, 0.2) is 61.6 Å². The number of nitrogens with one attached hydrogen (secondary N) is 3. The number of hydrogen-bond donors (Lipinski definition) is 3. The second-order valence-corrected chi connectivity index (χ2v) is 8.89. The van der Waals surface area contributed by atoms with Gasteiger partial charge in [-0.2, -0.15) is 11.3 Å². The van der Waals surface area contributed by atoms with Crippen LogP contribution in [0.4, 0.5) is 10.1 Å². The molecule has 0 saturated heterocycles. The van der Waals surface area contributed by atoms with Gasteiger partial charge in [0.2, 0.25) is 0 Å². The van der Waals surface area contributed by atoms with Crippen LogP contribution in [0.5, 0.6) is 0 Å². The maximum Gasteiger partial charge on any atom is 0.314 e. The first-order valence-corrected chi connectivity index (χ1v) is 10.9. The van der Waals surface area contributed by atoms with Crippen LogP contribution in [0.2, 0.25) is 5.02 Å². The Morgan fingerprint density at radius 1 is 1.00 bits per heavy atom. The van der Waals surface area contributed by atoms with E-state index in [9.17, 15) is 22.4 Å². The first-order valence-electron chi connectivity index (χ1n) is 8.05.